The van der Waals surface area contributed by atoms with E-state index < -0.39 is 10.8 Å². The van der Waals surface area contributed by atoms with Crippen LogP contribution in [0, 0.1) is 0 Å². The van der Waals surface area contributed by atoms with Crippen molar-refractivity contribution in [1.82, 2.24) is 15.2 Å². The van der Waals surface area contributed by atoms with Gasteiger partial charge in [-0.1, -0.05) is 0 Å². The van der Waals surface area contributed by atoms with Crippen LogP contribution in [0.2, 0.25) is 0 Å². The molecule has 2 aliphatic rings. The Morgan fingerprint density at radius 3 is 2.95 bits per heavy atom. The molecule has 1 amide bonds. The van der Waals surface area contributed by atoms with Crippen LogP contribution in [-0.4, -0.2) is 51.1 Å². The molecule has 1 fully saturated rings. The second-order valence-corrected chi connectivity index (χ2v) is 8.25. The van der Waals surface area contributed by atoms with E-state index in [1.165, 1.54) is 16.2 Å². The quantitative estimate of drug-likeness (QED) is 0.876. The van der Waals surface area contributed by atoms with Gasteiger partial charge in [-0.25, -0.2) is 4.98 Å². The molecule has 2 aliphatic heterocycles. The van der Waals surface area contributed by atoms with Crippen LogP contribution in [0.4, 0.5) is 0 Å². The molecule has 1 aromatic rings. The molecule has 1 N–H and O–H groups in total. The lowest BCUT2D eigenvalue weighted by molar-refractivity contribution is 0.0934. The third kappa shape index (κ3) is 3.10. The van der Waals surface area contributed by atoms with Gasteiger partial charge in [0.1, 0.15) is 0 Å². The monoisotopic (exact) mass is 313 g/mol. The predicted molar refractivity (Wildman–Crippen MR) is 80.5 cm³/mol. The number of hydrogen-bond acceptors (Lipinski definition) is 5. The van der Waals surface area contributed by atoms with Crippen LogP contribution in [0.3, 0.4) is 0 Å². The van der Waals surface area contributed by atoms with Crippen LogP contribution in [0.25, 0.3) is 0 Å². The molecule has 0 bridgehead atoms. The van der Waals surface area contributed by atoms with Gasteiger partial charge in [0.15, 0.2) is 5.01 Å². The van der Waals surface area contributed by atoms with Crippen LogP contribution in [-0.2, 0) is 23.8 Å². The van der Waals surface area contributed by atoms with Crippen molar-refractivity contribution < 1.29 is 9.00 Å². The molecule has 1 aromatic heterocycles. The third-order valence-corrected chi connectivity index (χ3v) is 6.30. The Morgan fingerprint density at radius 2 is 2.20 bits per heavy atom. The highest BCUT2D eigenvalue weighted by molar-refractivity contribution is 7.85. The molecular weight excluding hydrogens is 294 g/mol. The fourth-order valence-electron chi connectivity index (χ4n) is 2.61. The molecule has 7 heteroatoms. The zero-order valence-electron chi connectivity index (χ0n) is 11.6. The van der Waals surface area contributed by atoms with Gasteiger partial charge in [0, 0.05) is 52.7 Å². The van der Waals surface area contributed by atoms with E-state index in [-0.39, 0.29) is 11.9 Å². The molecule has 0 atom stereocenters. The second-order valence-electron chi connectivity index (χ2n) is 5.47. The molecule has 5 nitrogen and oxygen atoms in total. The standard InChI is InChI=1S/C13H19N3O2S2/c1-16-5-2-10-11(8-16)19-13(15-10)12(17)14-9-3-6-20(18)7-4-9/h9H,2-8H2,1H3,(H,14,17). The minimum Gasteiger partial charge on any atom is -0.347 e. The van der Waals surface area contributed by atoms with Gasteiger partial charge in [-0.2, -0.15) is 0 Å². The zero-order valence-corrected chi connectivity index (χ0v) is 13.2. The average molecular weight is 313 g/mol. The lowest BCUT2D eigenvalue weighted by Gasteiger charge is -2.21. The number of thiazole rings is 1. The van der Waals surface area contributed by atoms with E-state index in [2.05, 4.69) is 22.2 Å². The van der Waals surface area contributed by atoms with E-state index in [0.717, 1.165) is 38.0 Å². The molecule has 0 aromatic carbocycles. The van der Waals surface area contributed by atoms with E-state index in [4.69, 9.17) is 0 Å². The first-order chi connectivity index (χ1) is 9.61. The van der Waals surface area contributed by atoms with E-state index >= 15 is 0 Å². The van der Waals surface area contributed by atoms with Gasteiger partial charge in [-0.3, -0.25) is 9.00 Å². The topological polar surface area (TPSA) is 62.3 Å². The molecule has 0 aliphatic carbocycles. The Hall–Kier alpha value is -0.790. The van der Waals surface area contributed by atoms with Gasteiger partial charge in [0.05, 0.1) is 5.69 Å². The molecule has 0 unspecified atom stereocenters. The van der Waals surface area contributed by atoms with Gasteiger partial charge < -0.3 is 10.2 Å². The van der Waals surface area contributed by atoms with Gasteiger partial charge in [-0.15, -0.1) is 11.3 Å². The Balaban J connectivity index is 1.64. The highest BCUT2D eigenvalue weighted by Crippen LogP contribution is 2.24. The normalized spacial score (nSPS) is 27.1. The summed E-state index contributed by atoms with van der Waals surface area (Å²) in [6, 6.07) is 0.156. The Kier molecular flexibility index (Phi) is 4.18. The summed E-state index contributed by atoms with van der Waals surface area (Å²) in [7, 11) is 1.40. The number of fused-ring (bicyclic) bond motifs is 1. The first-order valence-electron chi connectivity index (χ1n) is 6.95. The summed E-state index contributed by atoms with van der Waals surface area (Å²) in [5, 5.41) is 3.62. The van der Waals surface area contributed by atoms with Crippen LogP contribution < -0.4 is 5.32 Å². The SMILES string of the molecule is CN1CCc2nc(C(=O)NC3CCS(=O)CC3)sc2C1. The molecule has 3 heterocycles. The minimum atomic E-state index is -0.688. The first-order valence-corrected chi connectivity index (χ1v) is 9.25. The van der Waals surface area contributed by atoms with Crippen molar-refractivity contribution in [2.75, 3.05) is 25.1 Å². The number of carbonyl (C=O) groups excluding carboxylic acids is 1. The maximum absolute atomic E-state index is 12.2. The maximum Gasteiger partial charge on any atom is 0.280 e. The summed E-state index contributed by atoms with van der Waals surface area (Å²) < 4.78 is 11.3. The third-order valence-electron chi connectivity index (χ3n) is 3.84. The van der Waals surface area contributed by atoms with Crippen molar-refractivity contribution >= 4 is 28.0 Å². The van der Waals surface area contributed by atoms with E-state index in [9.17, 15) is 9.00 Å². The largest absolute Gasteiger partial charge is 0.347 e. The van der Waals surface area contributed by atoms with Crippen molar-refractivity contribution in [3.8, 4) is 0 Å². The lowest BCUT2D eigenvalue weighted by atomic mass is 10.1. The number of amides is 1. The number of likely N-dealkylation sites (N-methyl/N-ethyl adjacent to an activating group) is 1. The van der Waals surface area contributed by atoms with Crippen LogP contribution in [0.1, 0.15) is 33.2 Å². The average Bonchev–Trinajstić information content (AvgIpc) is 2.84. The van der Waals surface area contributed by atoms with Crippen LogP contribution in [0.15, 0.2) is 0 Å². The number of nitrogens with one attached hydrogen (secondary N) is 1. The van der Waals surface area contributed by atoms with Gasteiger partial charge >= 0.3 is 0 Å². The number of carbonyl (C=O) groups is 1. The first kappa shape index (κ1) is 14.2. The number of hydrogen-bond donors (Lipinski definition) is 1. The summed E-state index contributed by atoms with van der Waals surface area (Å²) in [4.78, 5) is 20.2. The van der Waals surface area contributed by atoms with Crippen molar-refractivity contribution in [3.63, 3.8) is 0 Å². The second kappa shape index (κ2) is 5.91. The van der Waals surface area contributed by atoms with E-state index in [0.29, 0.717) is 16.5 Å². The summed E-state index contributed by atoms with van der Waals surface area (Å²) >= 11 is 1.51. The lowest BCUT2D eigenvalue weighted by Crippen LogP contribution is -2.39. The van der Waals surface area contributed by atoms with E-state index in [1.54, 1.807) is 0 Å². The fraction of sp³-hybridized carbons (Fsp3) is 0.692. The number of aromatic nitrogens is 1. The summed E-state index contributed by atoms with van der Waals surface area (Å²) in [5.41, 5.74) is 1.09. The van der Waals surface area contributed by atoms with Crippen LogP contribution in [0.5, 0.6) is 0 Å². The number of rotatable bonds is 2. The molecular formula is C13H19N3O2S2. The van der Waals surface area contributed by atoms with Gasteiger partial charge in [0.25, 0.3) is 5.91 Å². The fourth-order valence-corrected chi connectivity index (χ4v) is 5.00. The highest BCUT2D eigenvalue weighted by Gasteiger charge is 2.24. The Labute approximate surface area is 125 Å². The minimum absolute atomic E-state index is 0.0651. The predicted octanol–water partition coefficient (Wildman–Crippen LogP) is 0.772. The maximum atomic E-state index is 12.2. The molecule has 1 saturated heterocycles. The molecule has 110 valence electrons. The molecule has 0 radical (unpaired) electrons. The number of nitrogens with zero attached hydrogens (tertiary/aromatic N) is 2. The van der Waals surface area contributed by atoms with Crippen molar-refractivity contribution in [2.24, 2.45) is 0 Å². The molecule has 20 heavy (non-hydrogen) atoms. The Bertz CT molecular complexity index is 534. The molecule has 0 spiro atoms. The van der Waals surface area contributed by atoms with Crippen molar-refractivity contribution in [3.05, 3.63) is 15.6 Å². The molecule has 0 saturated carbocycles. The van der Waals surface area contributed by atoms with Gasteiger partial charge in [-0.05, 0) is 19.9 Å². The summed E-state index contributed by atoms with van der Waals surface area (Å²) in [6.45, 7) is 1.90. The highest BCUT2D eigenvalue weighted by atomic mass is 32.2. The summed E-state index contributed by atoms with van der Waals surface area (Å²) in [6.07, 6.45) is 2.55. The van der Waals surface area contributed by atoms with Crippen molar-refractivity contribution in [2.45, 2.75) is 31.8 Å². The van der Waals surface area contributed by atoms with Crippen LogP contribution >= 0.6 is 11.3 Å². The van der Waals surface area contributed by atoms with Gasteiger partial charge in [0.2, 0.25) is 0 Å². The smallest absolute Gasteiger partial charge is 0.280 e. The van der Waals surface area contributed by atoms with Crippen molar-refractivity contribution in [1.29, 1.82) is 0 Å². The zero-order chi connectivity index (χ0) is 14.1. The van der Waals surface area contributed by atoms with E-state index in [1.807, 2.05) is 0 Å². The Morgan fingerprint density at radius 1 is 1.45 bits per heavy atom. The summed E-state index contributed by atoms with van der Waals surface area (Å²) in [5.74, 6) is 1.33. The molecule has 3 rings (SSSR count).